The van der Waals surface area contributed by atoms with Crippen molar-refractivity contribution in [3.63, 3.8) is 0 Å². The predicted octanol–water partition coefficient (Wildman–Crippen LogP) is 5.30. The van der Waals surface area contributed by atoms with Crippen molar-refractivity contribution in [2.45, 2.75) is 59.7 Å². The van der Waals surface area contributed by atoms with E-state index in [0.29, 0.717) is 22.2 Å². The van der Waals surface area contributed by atoms with Gasteiger partial charge in [-0.05, 0) is 72.2 Å². The predicted molar refractivity (Wildman–Crippen MR) is 121 cm³/mol. The van der Waals surface area contributed by atoms with Gasteiger partial charge in [-0.15, -0.1) is 4.90 Å². The summed E-state index contributed by atoms with van der Waals surface area (Å²) in [5, 5.41) is 0. The fourth-order valence-corrected chi connectivity index (χ4v) is 2.36. The van der Waals surface area contributed by atoms with E-state index >= 15 is 0 Å². The number of nitrogens with two attached hydrogens (primary N) is 1. The Morgan fingerprint density at radius 3 is 2.09 bits per heavy atom. The lowest BCUT2D eigenvalue weighted by atomic mass is 10.2. The lowest BCUT2D eigenvalue weighted by Crippen LogP contribution is -2.49. The minimum absolute atomic E-state index is 0.352. The van der Waals surface area contributed by atoms with E-state index < -0.39 is 29.3 Å². The van der Waals surface area contributed by atoms with Gasteiger partial charge in [0.1, 0.15) is 17.0 Å². The molecule has 0 saturated heterocycles. The second-order valence-electron chi connectivity index (χ2n) is 9.04. The fraction of sp³-hybridized carbons (Fsp3) is 0.391. The number of hydrogen-bond donors (Lipinski definition) is 1. The molecule has 9 heteroatoms. The molecule has 9 nitrogen and oxygen atoms in total. The van der Waals surface area contributed by atoms with Crippen LogP contribution in [0.1, 0.15) is 47.1 Å². The zero-order chi connectivity index (χ0) is 24.1. The number of ether oxygens (including phenoxy) is 3. The van der Waals surface area contributed by atoms with E-state index in [1.54, 1.807) is 78.1 Å². The molecule has 0 radical (unpaired) electrons. The third-order valence-corrected chi connectivity index (χ3v) is 3.56. The summed E-state index contributed by atoms with van der Waals surface area (Å²) in [5.74, 6) is 0.473. The molecule has 2 rings (SSSR count). The van der Waals surface area contributed by atoms with Gasteiger partial charge in [0.2, 0.25) is 11.8 Å². The molecule has 172 valence electrons. The van der Waals surface area contributed by atoms with Gasteiger partial charge in [0.25, 0.3) is 0 Å². The van der Waals surface area contributed by atoms with Crippen LogP contribution in [0.3, 0.4) is 0 Å². The largest absolute Gasteiger partial charge is 0.443 e. The first kappa shape index (κ1) is 24.6. The molecule has 0 saturated carbocycles. The van der Waals surface area contributed by atoms with E-state index in [4.69, 9.17) is 19.9 Å². The van der Waals surface area contributed by atoms with Crippen molar-refractivity contribution < 1.29 is 23.8 Å². The normalized spacial score (nSPS) is 12.2. The monoisotopic (exact) mass is 442 g/mol. The Hall–Kier alpha value is -3.62. The number of carbonyl (C=O) groups excluding carboxylic acids is 2. The average molecular weight is 443 g/mol. The number of carbonyl (C=O) groups is 2. The van der Waals surface area contributed by atoms with Crippen molar-refractivity contribution in [3.8, 4) is 11.6 Å². The first-order chi connectivity index (χ1) is 14.7. The number of aryl methyl sites for hydroxylation is 1. The van der Waals surface area contributed by atoms with Crippen LogP contribution in [0.5, 0.6) is 11.6 Å². The number of amides is 2. The molecule has 0 fully saturated rings. The first-order valence-corrected chi connectivity index (χ1v) is 10.0. The second-order valence-corrected chi connectivity index (χ2v) is 9.04. The number of aromatic nitrogens is 1. The van der Waals surface area contributed by atoms with Crippen LogP contribution in [0.2, 0.25) is 0 Å². The molecule has 1 heterocycles. The van der Waals surface area contributed by atoms with E-state index in [1.165, 1.54) is 0 Å². The molecule has 32 heavy (non-hydrogen) atoms. The van der Waals surface area contributed by atoms with Gasteiger partial charge >= 0.3 is 12.2 Å². The van der Waals surface area contributed by atoms with Crippen LogP contribution in [-0.4, -0.2) is 39.2 Å². The highest BCUT2D eigenvalue weighted by Crippen LogP contribution is 2.25. The van der Waals surface area contributed by atoms with E-state index in [0.717, 1.165) is 5.56 Å². The quantitative estimate of drug-likeness (QED) is 0.506. The molecule has 1 aromatic carbocycles. The maximum atomic E-state index is 12.7. The topological polar surface area (TPSA) is 116 Å². The molecule has 0 aliphatic rings. The molecular formula is C23H30N4O5. The number of benzene rings is 1. The van der Waals surface area contributed by atoms with Crippen LogP contribution in [0.4, 0.5) is 15.3 Å². The number of imide groups is 1. The summed E-state index contributed by atoms with van der Waals surface area (Å²) in [6, 6.07) is 10.3. The van der Waals surface area contributed by atoms with Gasteiger partial charge < -0.3 is 19.9 Å². The zero-order valence-electron chi connectivity index (χ0n) is 19.5. The Balaban J connectivity index is 2.33. The van der Waals surface area contributed by atoms with Crippen molar-refractivity contribution in [1.82, 2.24) is 9.88 Å². The summed E-state index contributed by atoms with van der Waals surface area (Å²) in [6.45, 7) is 12.0. The molecule has 1 aromatic heterocycles. The summed E-state index contributed by atoms with van der Waals surface area (Å²) < 4.78 is 16.4. The van der Waals surface area contributed by atoms with Crippen LogP contribution in [0.25, 0.3) is 0 Å². The molecule has 0 aliphatic heterocycles. The SMILES string of the molecule is Cc1ccnc(Oc2cccc(N=C(N)N(C(=O)OC(C)(C)C)C(=O)OC(C)(C)C)c2)c1. The van der Waals surface area contributed by atoms with E-state index in [2.05, 4.69) is 9.98 Å². The Morgan fingerprint density at radius 1 is 0.969 bits per heavy atom. The lowest BCUT2D eigenvalue weighted by Gasteiger charge is -2.27. The highest BCUT2D eigenvalue weighted by molar-refractivity contribution is 6.08. The van der Waals surface area contributed by atoms with Gasteiger partial charge in [0.05, 0.1) is 5.69 Å². The third-order valence-electron chi connectivity index (χ3n) is 3.56. The number of guanidine groups is 1. The lowest BCUT2D eigenvalue weighted by molar-refractivity contribution is 0.0145. The second kappa shape index (κ2) is 9.67. The first-order valence-electron chi connectivity index (χ1n) is 10.0. The molecule has 0 atom stereocenters. The Bertz CT molecular complexity index is 978. The van der Waals surface area contributed by atoms with Crippen molar-refractivity contribution in [2.75, 3.05) is 0 Å². The average Bonchev–Trinajstić information content (AvgIpc) is 2.58. The Labute approximate surface area is 188 Å². The van der Waals surface area contributed by atoms with Crippen LogP contribution in [0, 0.1) is 6.92 Å². The number of aliphatic imine (C=N–C) groups is 1. The zero-order valence-corrected chi connectivity index (χ0v) is 19.5. The van der Waals surface area contributed by atoms with Crippen LogP contribution < -0.4 is 10.5 Å². The van der Waals surface area contributed by atoms with E-state index in [-0.39, 0.29) is 0 Å². The van der Waals surface area contributed by atoms with Crippen LogP contribution in [0.15, 0.2) is 47.6 Å². The highest BCUT2D eigenvalue weighted by Gasteiger charge is 2.34. The molecule has 2 amide bonds. The number of pyridine rings is 1. The number of hydrogen-bond acceptors (Lipinski definition) is 7. The molecule has 2 N–H and O–H groups in total. The van der Waals surface area contributed by atoms with Crippen molar-refractivity contribution in [2.24, 2.45) is 10.7 Å². The Morgan fingerprint density at radius 2 is 1.56 bits per heavy atom. The van der Waals surface area contributed by atoms with Crippen molar-refractivity contribution >= 4 is 23.8 Å². The van der Waals surface area contributed by atoms with Crippen molar-refractivity contribution in [1.29, 1.82) is 0 Å². The maximum Gasteiger partial charge on any atom is 0.427 e. The van der Waals surface area contributed by atoms with Crippen molar-refractivity contribution in [3.05, 3.63) is 48.2 Å². The minimum Gasteiger partial charge on any atom is -0.443 e. The van der Waals surface area contributed by atoms with E-state index in [9.17, 15) is 9.59 Å². The summed E-state index contributed by atoms with van der Waals surface area (Å²) >= 11 is 0. The van der Waals surface area contributed by atoms with Gasteiger partial charge in [-0.3, -0.25) is 0 Å². The van der Waals surface area contributed by atoms with Gasteiger partial charge in [0, 0.05) is 18.3 Å². The Kier molecular flexibility index (Phi) is 7.45. The summed E-state index contributed by atoms with van der Waals surface area (Å²) in [4.78, 5) is 34.2. The van der Waals surface area contributed by atoms with Crippen LogP contribution >= 0.6 is 0 Å². The third kappa shape index (κ3) is 7.90. The van der Waals surface area contributed by atoms with Gasteiger partial charge in [-0.25, -0.2) is 19.6 Å². The highest BCUT2D eigenvalue weighted by atomic mass is 16.6. The summed E-state index contributed by atoms with van der Waals surface area (Å²) in [6.07, 6.45) is -0.349. The molecule has 0 unspecified atom stereocenters. The van der Waals surface area contributed by atoms with Gasteiger partial charge in [-0.1, -0.05) is 6.07 Å². The molecular weight excluding hydrogens is 412 g/mol. The molecule has 0 aliphatic carbocycles. The smallest absolute Gasteiger partial charge is 0.427 e. The standard InChI is InChI=1S/C23H30N4O5/c1-15-11-12-25-18(13-15)30-17-10-8-9-16(14-17)26-19(24)27(20(28)31-22(2,3)4)21(29)32-23(5,6)7/h8-14H,1-7H3,(H2,24,26). The molecule has 0 bridgehead atoms. The molecule has 2 aromatic rings. The van der Waals surface area contributed by atoms with E-state index in [1.807, 2.05) is 13.0 Å². The number of nitrogens with zero attached hydrogens (tertiary/aromatic N) is 3. The maximum absolute atomic E-state index is 12.7. The van der Waals surface area contributed by atoms with Gasteiger partial charge in [0.15, 0.2) is 0 Å². The summed E-state index contributed by atoms with van der Waals surface area (Å²) in [5.41, 5.74) is 5.67. The van der Waals surface area contributed by atoms with Crippen LogP contribution in [-0.2, 0) is 9.47 Å². The number of rotatable bonds is 3. The van der Waals surface area contributed by atoms with Gasteiger partial charge in [-0.2, -0.15) is 0 Å². The summed E-state index contributed by atoms with van der Waals surface area (Å²) in [7, 11) is 0. The fourth-order valence-electron chi connectivity index (χ4n) is 2.36. The molecule has 0 spiro atoms. The minimum atomic E-state index is -0.996.